The van der Waals surface area contributed by atoms with Gasteiger partial charge in [0.2, 0.25) is 5.91 Å². The maximum Gasteiger partial charge on any atom is 0.323 e. The highest BCUT2D eigenvalue weighted by Gasteiger charge is 2.29. The molecule has 26 nitrogen and oxygen atoms in total. The second kappa shape index (κ2) is 37.3. The summed E-state index contributed by atoms with van der Waals surface area (Å²) in [6.07, 6.45) is 26.0. The molecule has 0 spiro atoms. The van der Waals surface area contributed by atoms with Crippen LogP contribution in [0.15, 0.2) is 115 Å². The fourth-order valence-electron chi connectivity index (χ4n) is 15.8. The molecule has 0 bridgehead atoms. The Labute approximate surface area is 690 Å². The number of amides is 9. The Morgan fingerprint density at radius 3 is 1.00 bits per heavy atom. The smallest absolute Gasteiger partial charge is 0.323 e. The summed E-state index contributed by atoms with van der Waals surface area (Å²) < 4.78 is 8.58. The molecule has 10 heterocycles. The van der Waals surface area contributed by atoms with E-state index in [0.29, 0.717) is 102 Å². The molecule has 7 N–H and O–H groups in total. The molecule has 608 valence electrons. The molecular weight excluding hydrogens is 1540 g/mol. The summed E-state index contributed by atoms with van der Waals surface area (Å²) >= 11 is 6.01. The molecule has 0 radical (unpaired) electrons. The van der Waals surface area contributed by atoms with Crippen molar-refractivity contribution in [1.29, 1.82) is 0 Å². The molecule has 1 saturated heterocycles. The number of carbonyl (C=O) groups is 8. The van der Waals surface area contributed by atoms with E-state index in [-0.39, 0.29) is 54.8 Å². The topological polar surface area (TPSA) is 311 Å². The van der Waals surface area contributed by atoms with Crippen molar-refractivity contribution in [2.24, 2.45) is 0 Å². The number of pyridine rings is 1. The van der Waals surface area contributed by atoms with Gasteiger partial charge in [0, 0.05) is 96.6 Å². The van der Waals surface area contributed by atoms with E-state index in [0.717, 1.165) is 115 Å². The number of hydrogen-bond acceptors (Lipinski definition) is 17. The van der Waals surface area contributed by atoms with Gasteiger partial charge in [-0.3, -0.25) is 57.2 Å². The third-order valence-electron chi connectivity index (χ3n) is 21.9. The number of carbonyl (C=O) groups excluding carboxylic acids is 8. The summed E-state index contributed by atoms with van der Waals surface area (Å²) in [4.78, 5) is 112. The van der Waals surface area contributed by atoms with Crippen molar-refractivity contribution in [1.82, 2.24) is 59.6 Å². The number of nitrogens with one attached hydrogen (secondary N) is 7. The molecule has 4 aliphatic carbocycles. The van der Waals surface area contributed by atoms with Crippen LogP contribution in [0.2, 0.25) is 0 Å². The van der Waals surface area contributed by atoms with Gasteiger partial charge in [-0.05, 0) is 188 Å². The zero-order valence-corrected chi connectivity index (χ0v) is 69.4. The van der Waals surface area contributed by atoms with Gasteiger partial charge in [-0.1, -0.05) is 84.5 Å². The van der Waals surface area contributed by atoms with E-state index in [1.807, 2.05) is 52.0 Å². The first-order chi connectivity index (χ1) is 55.6. The first kappa shape index (κ1) is 83.0. The van der Waals surface area contributed by atoms with E-state index in [1.54, 1.807) is 117 Å². The van der Waals surface area contributed by atoms with Crippen LogP contribution in [0, 0.1) is 27.7 Å². The first-order valence-electron chi connectivity index (χ1n) is 39.8. The van der Waals surface area contributed by atoms with Crippen molar-refractivity contribution in [2.45, 2.75) is 195 Å². The fourth-order valence-corrected chi connectivity index (χ4v) is 20.3. The Morgan fingerprint density at radius 2 is 0.716 bits per heavy atom. The maximum atomic E-state index is 12.8. The monoisotopic (exact) mass is 1640 g/mol. The highest BCUT2D eigenvalue weighted by Crippen LogP contribution is 2.41. The van der Waals surface area contributed by atoms with Crippen molar-refractivity contribution >= 4 is 168 Å². The molecule has 30 heteroatoms. The van der Waals surface area contributed by atoms with Gasteiger partial charge in [-0.2, -0.15) is 20.4 Å². The average molecular weight is 1640 g/mol. The van der Waals surface area contributed by atoms with Gasteiger partial charge in [0.25, 0.3) is 35.4 Å². The number of benzene rings is 3. The van der Waals surface area contributed by atoms with Gasteiger partial charge in [0.15, 0.2) is 0 Å². The first-order valence-corrected chi connectivity index (χ1v) is 43.1. The van der Waals surface area contributed by atoms with Gasteiger partial charge in [0.1, 0.15) is 25.1 Å². The lowest BCUT2D eigenvalue weighted by atomic mass is 9.96. The number of fused-ring (bicyclic) bond motifs is 4. The zero-order chi connectivity index (χ0) is 80.6. The van der Waals surface area contributed by atoms with E-state index in [2.05, 4.69) is 60.9 Å². The zero-order valence-electron chi connectivity index (χ0n) is 66.2. The lowest BCUT2D eigenvalue weighted by Gasteiger charge is -2.22. The Hall–Kier alpha value is -11.0. The molecule has 17 rings (SSSR count). The van der Waals surface area contributed by atoms with Crippen molar-refractivity contribution in [3.05, 3.63) is 169 Å². The predicted octanol–water partition coefficient (Wildman–Crippen LogP) is 19.2. The highest BCUT2D eigenvalue weighted by molar-refractivity contribution is 7.21. The van der Waals surface area contributed by atoms with Gasteiger partial charge in [0.05, 0.1) is 78.3 Å². The van der Waals surface area contributed by atoms with Gasteiger partial charge in [-0.25, -0.2) is 9.78 Å². The quantitative estimate of drug-likeness (QED) is 0.0474. The summed E-state index contributed by atoms with van der Waals surface area (Å²) in [6, 6.07) is 33.9. The second-order valence-corrected chi connectivity index (χ2v) is 34.5. The molecule has 5 fully saturated rings. The van der Waals surface area contributed by atoms with Crippen LogP contribution < -0.4 is 42.1 Å². The molecule has 116 heavy (non-hydrogen) atoms. The molecule has 9 amide bonds. The van der Waals surface area contributed by atoms with Crippen LogP contribution in [0.3, 0.4) is 0 Å². The molecule has 1 aliphatic heterocycles. The van der Waals surface area contributed by atoms with E-state index >= 15 is 0 Å². The van der Waals surface area contributed by atoms with Crippen LogP contribution >= 0.6 is 45.3 Å². The maximum absolute atomic E-state index is 12.8. The van der Waals surface area contributed by atoms with E-state index in [4.69, 9.17) is 20.4 Å². The number of anilines is 6. The van der Waals surface area contributed by atoms with Crippen molar-refractivity contribution < 1.29 is 38.4 Å². The van der Waals surface area contributed by atoms with Crippen LogP contribution in [0.1, 0.15) is 249 Å². The normalized spacial score (nSPS) is 15.4. The highest BCUT2D eigenvalue weighted by atomic mass is 32.1. The summed E-state index contributed by atoms with van der Waals surface area (Å²) in [5.74, 6) is -0.295. The fraction of sp³-hybridized carbons (Fsp3) is 0.407. The Kier molecular flexibility index (Phi) is 26.7. The summed E-state index contributed by atoms with van der Waals surface area (Å²) in [7, 11) is 5.03. The number of nitrogens with zero attached hydrogens (tertiary/aromatic N) is 11. The van der Waals surface area contributed by atoms with Crippen molar-refractivity contribution in [3.63, 3.8) is 0 Å². The SMILES string of the molecule is C.CC(=O)Nc1ccc(NC(=O)c2cc3c(C)nn(C4CCCCC4)c3s2)cc1.CNC(=O)c1ccc(NC(=O)c2cc3c(C)nn(C4CCCCC4)c3s2)cc1.Cc1nn(C2CCCCC2)c2sc(C(=O)Nc3ccc(C(=O)N(C)C)cc3)cc12.Cc1nn(C2CCCCC2)c2sc(C(=O)Nc3ccc(N4CCNC4=O)nc3)cc12. The largest absolute Gasteiger partial charge is 0.355 e. The summed E-state index contributed by atoms with van der Waals surface area (Å²) in [5.41, 5.74) is 8.41. The number of thiophene rings is 4. The van der Waals surface area contributed by atoms with Crippen molar-refractivity contribution in [3.8, 4) is 0 Å². The van der Waals surface area contributed by atoms with Gasteiger partial charge >= 0.3 is 6.03 Å². The third kappa shape index (κ3) is 19.1. The third-order valence-corrected chi connectivity index (χ3v) is 26.4. The molecule has 4 saturated carbocycles. The van der Waals surface area contributed by atoms with E-state index in [9.17, 15) is 38.4 Å². The molecule has 9 aromatic heterocycles. The molecular formula is C86H102N18O8S4. The molecule has 0 atom stereocenters. The molecule has 3 aromatic carbocycles. The Bertz CT molecular complexity index is 5520. The van der Waals surface area contributed by atoms with Crippen LogP contribution in [-0.2, 0) is 4.79 Å². The minimum atomic E-state index is -0.153. The average Bonchev–Trinajstić information content (AvgIpc) is 1.64. The Balaban J connectivity index is 0.000000134. The van der Waals surface area contributed by atoms with Crippen molar-refractivity contribution in [2.75, 3.05) is 65.7 Å². The van der Waals surface area contributed by atoms with Crippen LogP contribution in [0.25, 0.3) is 40.9 Å². The Morgan fingerprint density at radius 1 is 0.414 bits per heavy atom. The van der Waals surface area contributed by atoms with E-state index in [1.165, 1.54) is 134 Å². The second-order valence-electron chi connectivity index (χ2n) is 30.4. The number of hydrogen-bond donors (Lipinski definition) is 7. The molecule has 0 unspecified atom stereocenters. The number of urea groups is 1. The summed E-state index contributed by atoms with van der Waals surface area (Å²) in [6.45, 7) is 10.7. The van der Waals surface area contributed by atoms with Gasteiger partial charge in [-0.15, -0.1) is 45.3 Å². The van der Waals surface area contributed by atoms with E-state index < -0.39 is 0 Å². The predicted molar refractivity (Wildman–Crippen MR) is 466 cm³/mol. The lowest BCUT2D eigenvalue weighted by molar-refractivity contribution is -0.114. The van der Waals surface area contributed by atoms with Crippen LogP contribution in [0.4, 0.5) is 39.0 Å². The minimum absolute atomic E-state index is 0. The van der Waals surface area contributed by atoms with Gasteiger partial charge < -0.3 is 42.1 Å². The number of rotatable bonds is 16. The minimum Gasteiger partial charge on any atom is -0.355 e. The van der Waals surface area contributed by atoms with Crippen LogP contribution in [-0.4, -0.2) is 131 Å². The summed E-state index contributed by atoms with van der Waals surface area (Å²) in [5, 5.41) is 43.0. The lowest BCUT2D eigenvalue weighted by Crippen LogP contribution is -2.28. The molecule has 12 aromatic rings. The number of aromatic nitrogens is 9. The standard InChI is InChI=1S/C22H26N4O2S.C21H24N6O2S.2C21H24N4O2S.CH4/c1-14-18-13-19(29-22(18)26(24-14)17-7-5-4-6-8-17)20(27)23-16-11-9-15(10-12-16)21(28)25(2)3;1-13-16-11-17(30-20(16)27(25-13)15-5-3-2-4-6-15)19(28)24-14-7-8-18(23-12-14)26-10-9-22-21(26)29;1-13-17-12-18(28-21(17)25(24-13)16-6-4-3-5-7-16)20(27)23-15-10-8-14(9-11-15)19(26)22-2;1-13-18-12-19(28-21(18)25(24-13)17-6-4-3-5-7-17)20(27)23-16-10-8-15(9-11-16)22-14(2)26;/h9-13,17H,4-8H2,1-3H3,(H,23,27);7-8,11-12,15H,2-6,9-10H2,1H3,(H,22,29)(H,24,28);8-12,16H,3-7H2,1-2H3,(H,22,26)(H,23,27);8-12,17H,3-7H2,1-2H3,(H,22,26)(H,23,27);1H4. The van der Waals surface area contributed by atoms with Crippen LogP contribution in [0.5, 0.6) is 0 Å². The molecule has 5 aliphatic rings. The number of aryl methyl sites for hydroxylation is 4.